The standard InChI is InChI=1S/C51H82N2O7/c1-3-5-7-9-11-13-15-16-17-18-19-20-21-22-23-24-25-26-28-30-32-34-39-43-50(57)60-46(40-36-33-31-29-27-14-12-10-8-6-4-2)41-37-35-38-42-48(55)52-44-49(56)53-47(45-54)51(58)59/h5-8,11-14,16-17,19-20,29,31,36,40,46-47,54H,3-4,9-10,15,18,21-28,30,32-35,37-39,41-45H2,1-2H3,(H,52,55)(H,53,56)(H,58,59)/b7-5-,8-6-,13-11-,14-12-,17-16-,20-19-,31-29-,40-36-. The molecule has 2 unspecified atom stereocenters. The van der Waals surface area contributed by atoms with Gasteiger partial charge in [-0.3, -0.25) is 14.4 Å². The molecule has 2 amide bonds. The van der Waals surface area contributed by atoms with E-state index in [1.807, 2.05) is 12.2 Å². The minimum absolute atomic E-state index is 0.170. The molecule has 0 radical (unpaired) electrons. The van der Waals surface area contributed by atoms with Gasteiger partial charge in [0.05, 0.1) is 13.2 Å². The number of esters is 1. The molecule has 0 aromatic rings. The van der Waals surface area contributed by atoms with Gasteiger partial charge in [0, 0.05) is 12.8 Å². The molecular formula is C51H82N2O7. The zero-order valence-electron chi connectivity index (χ0n) is 37.4. The van der Waals surface area contributed by atoms with Crippen molar-refractivity contribution in [3.8, 4) is 0 Å². The molecule has 0 aliphatic carbocycles. The molecule has 0 spiro atoms. The Balaban J connectivity index is 4.33. The molecule has 0 aliphatic heterocycles. The van der Waals surface area contributed by atoms with Crippen molar-refractivity contribution in [1.82, 2.24) is 10.6 Å². The summed E-state index contributed by atoms with van der Waals surface area (Å²) in [6, 6.07) is -1.41. The zero-order valence-corrected chi connectivity index (χ0v) is 37.4. The highest BCUT2D eigenvalue weighted by Gasteiger charge is 2.19. The van der Waals surface area contributed by atoms with Crippen molar-refractivity contribution >= 4 is 23.8 Å². The molecule has 2 atom stereocenters. The third-order valence-corrected chi connectivity index (χ3v) is 9.56. The van der Waals surface area contributed by atoms with Crippen LogP contribution in [-0.2, 0) is 23.9 Å². The van der Waals surface area contributed by atoms with Crippen molar-refractivity contribution in [2.24, 2.45) is 0 Å². The van der Waals surface area contributed by atoms with Crippen molar-refractivity contribution in [1.29, 1.82) is 0 Å². The van der Waals surface area contributed by atoms with Crippen LogP contribution < -0.4 is 10.6 Å². The van der Waals surface area contributed by atoms with E-state index in [0.29, 0.717) is 19.3 Å². The summed E-state index contributed by atoms with van der Waals surface area (Å²) in [4.78, 5) is 47.8. The maximum Gasteiger partial charge on any atom is 0.328 e. The van der Waals surface area contributed by atoms with E-state index in [0.717, 1.165) is 83.5 Å². The van der Waals surface area contributed by atoms with Crippen molar-refractivity contribution in [3.05, 3.63) is 97.2 Å². The van der Waals surface area contributed by atoms with Crippen LogP contribution in [0, 0.1) is 0 Å². The maximum atomic E-state index is 12.8. The molecule has 60 heavy (non-hydrogen) atoms. The largest absolute Gasteiger partial charge is 0.480 e. The molecule has 4 N–H and O–H groups in total. The summed E-state index contributed by atoms with van der Waals surface area (Å²) in [5.74, 6) is -2.51. The van der Waals surface area contributed by atoms with Gasteiger partial charge in [-0.1, -0.05) is 163 Å². The molecule has 9 heteroatoms. The van der Waals surface area contributed by atoms with Gasteiger partial charge in [-0.15, -0.1) is 0 Å². The van der Waals surface area contributed by atoms with Crippen LogP contribution in [-0.4, -0.2) is 59.3 Å². The molecule has 0 aliphatic rings. The number of carboxylic acid groups (broad SMARTS) is 1. The van der Waals surface area contributed by atoms with Crippen molar-refractivity contribution in [2.45, 2.75) is 187 Å². The average Bonchev–Trinajstić information content (AvgIpc) is 3.23. The molecule has 9 nitrogen and oxygen atoms in total. The molecule has 0 aromatic carbocycles. The number of hydrogen-bond donors (Lipinski definition) is 4. The molecule has 0 heterocycles. The molecular weight excluding hydrogens is 753 g/mol. The molecule has 0 saturated carbocycles. The first-order valence-electron chi connectivity index (χ1n) is 23.1. The van der Waals surface area contributed by atoms with E-state index >= 15 is 0 Å². The minimum Gasteiger partial charge on any atom is -0.480 e. The number of rotatable bonds is 40. The summed E-state index contributed by atoms with van der Waals surface area (Å²) < 4.78 is 5.88. The second-order valence-electron chi connectivity index (χ2n) is 15.1. The topological polar surface area (TPSA) is 142 Å². The molecule has 0 aromatic heterocycles. The number of carbonyl (C=O) groups is 4. The third kappa shape index (κ3) is 40.5. The zero-order chi connectivity index (χ0) is 44.0. The van der Waals surface area contributed by atoms with Crippen LogP contribution >= 0.6 is 0 Å². The lowest BCUT2D eigenvalue weighted by Gasteiger charge is -2.15. The van der Waals surface area contributed by atoms with Crippen LogP contribution in [0.25, 0.3) is 0 Å². The van der Waals surface area contributed by atoms with E-state index in [-0.39, 0.29) is 30.9 Å². The molecule has 0 bridgehead atoms. The Morgan fingerprint density at radius 2 is 0.950 bits per heavy atom. The lowest BCUT2D eigenvalue weighted by molar-refractivity contribution is -0.147. The first-order chi connectivity index (χ1) is 29.3. The number of nitrogens with one attached hydrogen (secondary N) is 2. The fraction of sp³-hybridized carbons (Fsp3) is 0.608. The van der Waals surface area contributed by atoms with Gasteiger partial charge < -0.3 is 25.6 Å². The minimum atomic E-state index is -1.41. The van der Waals surface area contributed by atoms with E-state index < -0.39 is 24.5 Å². The van der Waals surface area contributed by atoms with Gasteiger partial charge >= 0.3 is 11.9 Å². The van der Waals surface area contributed by atoms with Gasteiger partial charge in [0.15, 0.2) is 0 Å². The molecule has 338 valence electrons. The van der Waals surface area contributed by atoms with Gasteiger partial charge in [0.25, 0.3) is 0 Å². The Hall–Kier alpha value is -4.24. The van der Waals surface area contributed by atoms with Crippen LogP contribution in [0.4, 0.5) is 0 Å². The number of aliphatic hydroxyl groups excluding tert-OH is 1. The summed E-state index contributed by atoms with van der Waals surface area (Å²) in [6.45, 7) is 3.19. The lowest BCUT2D eigenvalue weighted by atomic mass is 10.0. The Kier molecular flexibility index (Phi) is 41.2. The number of ether oxygens (including phenoxy) is 1. The van der Waals surface area contributed by atoms with Crippen LogP contribution in [0.5, 0.6) is 0 Å². The van der Waals surface area contributed by atoms with Gasteiger partial charge in [-0.2, -0.15) is 0 Å². The first-order valence-corrected chi connectivity index (χ1v) is 23.1. The normalized spacial score (nSPS) is 13.4. The van der Waals surface area contributed by atoms with Crippen molar-refractivity contribution < 1.29 is 34.1 Å². The summed E-state index contributed by atoms with van der Waals surface area (Å²) in [5, 5.41) is 22.6. The predicted molar refractivity (Wildman–Crippen MR) is 249 cm³/mol. The summed E-state index contributed by atoms with van der Waals surface area (Å²) in [6.07, 6.45) is 58.8. The smallest absolute Gasteiger partial charge is 0.328 e. The van der Waals surface area contributed by atoms with Crippen LogP contribution in [0.3, 0.4) is 0 Å². The Bertz CT molecular complexity index is 1320. The van der Waals surface area contributed by atoms with E-state index in [9.17, 15) is 19.2 Å². The van der Waals surface area contributed by atoms with E-state index in [1.165, 1.54) is 51.4 Å². The monoisotopic (exact) mass is 835 g/mol. The van der Waals surface area contributed by atoms with Crippen LogP contribution in [0.15, 0.2) is 97.2 Å². The van der Waals surface area contributed by atoms with Crippen LogP contribution in [0.2, 0.25) is 0 Å². The number of carbonyl (C=O) groups excluding carboxylic acids is 3. The number of unbranched alkanes of at least 4 members (excludes halogenated alkanes) is 12. The first kappa shape index (κ1) is 55.8. The van der Waals surface area contributed by atoms with E-state index in [2.05, 4.69) is 110 Å². The van der Waals surface area contributed by atoms with Gasteiger partial charge in [0.2, 0.25) is 11.8 Å². The predicted octanol–water partition coefficient (Wildman–Crippen LogP) is 11.8. The highest BCUT2D eigenvalue weighted by molar-refractivity contribution is 5.87. The van der Waals surface area contributed by atoms with Gasteiger partial charge in [0.1, 0.15) is 12.1 Å². The average molecular weight is 835 g/mol. The fourth-order valence-corrected chi connectivity index (χ4v) is 6.09. The number of carboxylic acids is 1. The molecule has 0 fully saturated rings. The maximum absolute atomic E-state index is 12.8. The second-order valence-corrected chi connectivity index (χ2v) is 15.1. The SMILES string of the molecule is CC/C=C\C/C=C\C/C=C\C/C=C\CCCCCCCCCCCCC(=O)OC(/C=C\C/C=C\C/C=C\C/C=C\CC)CCCCCC(=O)NCC(=O)NC(CO)C(=O)O. The van der Waals surface area contributed by atoms with Crippen molar-refractivity contribution in [3.63, 3.8) is 0 Å². The highest BCUT2D eigenvalue weighted by Crippen LogP contribution is 2.15. The number of hydrogen-bond acceptors (Lipinski definition) is 6. The van der Waals surface area contributed by atoms with E-state index in [1.54, 1.807) is 0 Å². The Labute approximate surface area is 364 Å². The number of aliphatic hydroxyl groups is 1. The Morgan fingerprint density at radius 1 is 0.517 bits per heavy atom. The molecule has 0 rings (SSSR count). The number of amides is 2. The third-order valence-electron chi connectivity index (χ3n) is 9.56. The Morgan fingerprint density at radius 3 is 1.45 bits per heavy atom. The van der Waals surface area contributed by atoms with E-state index in [4.69, 9.17) is 14.9 Å². The van der Waals surface area contributed by atoms with Crippen molar-refractivity contribution in [2.75, 3.05) is 13.2 Å². The summed E-state index contributed by atoms with van der Waals surface area (Å²) in [5.41, 5.74) is 0. The number of allylic oxidation sites excluding steroid dienone is 15. The van der Waals surface area contributed by atoms with Crippen LogP contribution in [0.1, 0.15) is 174 Å². The second kappa shape index (κ2) is 44.3. The van der Waals surface area contributed by atoms with Gasteiger partial charge in [-0.05, 0) is 96.0 Å². The molecule has 0 saturated heterocycles. The fourth-order valence-electron chi connectivity index (χ4n) is 6.09. The summed E-state index contributed by atoms with van der Waals surface area (Å²) >= 11 is 0. The number of aliphatic carboxylic acids is 1. The summed E-state index contributed by atoms with van der Waals surface area (Å²) in [7, 11) is 0. The van der Waals surface area contributed by atoms with Gasteiger partial charge in [-0.25, -0.2) is 4.79 Å². The highest BCUT2D eigenvalue weighted by atomic mass is 16.5. The quantitative estimate of drug-likeness (QED) is 0.0273. The lowest BCUT2D eigenvalue weighted by Crippen LogP contribution is -2.47.